The highest BCUT2D eigenvalue weighted by atomic mass is 32.1. The molecule has 13 heteroatoms. The van der Waals surface area contributed by atoms with Crippen LogP contribution in [0.5, 0.6) is 0 Å². The third kappa shape index (κ3) is 9.48. The lowest BCUT2D eigenvalue weighted by molar-refractivity contribution is -0.155. The van der Waals surface area contributed by atoms with Crippen molar-refractivity contribution in [1.29, 1.82) is 0 Å². The molecule has 198 valence electrons. The number of guanidine groups is 1. The Bertz CT molecular complexity index is 782. The third-order valence-corrected chi connectivity index (χ3v) is 6.16. The lowest BCUT2D eigenvalue weighted by Crippen LogP contribution is -2.64. The highest BCUT2D eigenvalue weighted by Crippen LogP contribution is 2.32. The molecule has 0 bridgehead atoms. The van der Waals surface area contributed by atoms with Crippen LogP contribution in [0.4, 0.5) is 0 Å². The largest absolute Gasteiger partial charge is 0.370 e. The fourth-order valence-corrected chi connectivity index (χ4v) is 4.39. The van der Waals surface area contributed by atoms with E-state index in [-0.39, 0.29) is 43.7 Å². The van der Waals surface area contributed by atoms with Crippen molar-refractivity contribution < 1.29 is 24.0 Å². The molecule has 0 heterocycles. The van der Waals surface area contributed by atoms with E-state index in [4.69, 9.17) is 17.2 Å². The van der Waals surface area contributed by atoms with Gasteiger partial charge in [0.15, 0.2) is 23.6 Å². The molecule has 35 heavy (non-hydrogen) atoms. The van der Waals surface area contributed by atoms with Gasteiger partial charge in [-0.2, -0.15) is 12.6 Å². The zero-order valence-electron chi connectivity index (χ0n) is 20.3. The smallest absolute Gasteiger partial charge is 0.243 e. The lowest BCUT2D eigenvalue weighted by atomic mass is 9.82. The Balaban J connectivity index is 3.15. The van der Waals surface area contributed by atoms with Crippen molar-refractivity contribution in [3.63, 3.8) is 0 Å². The van der Waals surface area contributed by atoms with Crippen LogP contribution < -0.4 is 27.8 Å². The minimum Gasteiger partial charge on any atom is -0.370 e. The number of Topliss-reactive ketones (excluding diaryl/α,β-unsaturated/α-hetero) is 1. The summed E-state index contributed by atoms with van der Waals surface area (Å²) in [5, 5.41) is 4.83. The van der Waals surface area contributed by atoms with Crippen LogP contribution in [-0.4, -0.2) is 83.7 Å². The molecule has 0 aromatic rings. The molecule has 2 atom stereocenters. The number of carbonyl (C=O) groups excluding carboxylic acids is 5. The highest BCUT2D eigenvalue weighted by molar-refractivity contribution is 7.80. The number of hydrogen-bond donors (Lipinski definition) is 6. The first-order chi connectivity index (χ1) is 16.6. The van der Waals surface area contributed by atoms with Crippen molar-refractivity contribution in [2.24, 2.45) is 22.2 Å². The van der Waals surface area contributed by atoms with Gasteiger partial charge in [0.25, 0.3) is 0 Å². The summed E-state index contributed by atoms with van der Waals surface area (Å²) in [5.41, 5.74) is 14.5. The van der Waals surface area contributed by atoms with Gasteiger partial charge in [-0.25, -0.2) is 0 Å². The molecule has 1 aliphatic carbocycles. The average Bonchev–Trinajstić information content (AvgIpc) is 2.83. The summed E-state index contributed by atoms with van der Waals surface area (Å²) in [4.78, 5) is 68.3. The van der Waals surface area contributed by atoms with Crippen LogP contribution in [0, 0.1) is 0 Å². The Morgan fingerprint density at radius 3 is 2.34 bits per heavy atom. The zero-order chi connectivity index (χ0) is 26.4. The molecule has 0 unspecified atom stereocenters. The summed E-state index contributed by atoms with van der Waals surface area (Å²) in [6.45, 7) is 0.885. The third-order valence-electron chi connectivity index (χ3n) is 5.94. The number of rotatable bonds is 15. The van der Waals surface area contributed by atoms with Gasteiger partial charge in [0.1, 0.15) is 0 Å². The molecular weight excluding hydrogens is 474 g/mol. The maximum atomic E-state index is 13.5. The minimum absolute atomic E-state index is 0.00366. The molecule has 1 rings (SSSR count). The Kier molecular flexibility index (Phi) is 13.3. The summed E-state index contributed by atoms with van der Waals surface area (Å²) >= 11 is 4.14. The number of hydrogen-bond acceptors (Lipinski definition) is 8. The fraction of sp³-hybridized carbons (Fsp3) is 0.727. The lowest BCUT2D eigenvalue weighted by Gasteiger charge is -2.45. The monoisotopic (exact) mass is 513 g/mol. The second-order valence-electron chi connectivity index (χ2n) is 8.69. The summed E-state index contributed by atoms with van der Waals surface area (Å²) in [5.74, 6) is -1.96. The molecule has 0 aliphatic heterocycles. The maximum Gasteiger partial charge on any atom is 0.243 e. The normalized spacial score (nSPS) is 16.3. The number of nitrogens with one attached hydrogen (secondary N) is 2. The molecule has 3 amide bonds. The van der Waals surface area contributed by atoms with Gasteiger partial charge in [-0.3, -0.25) is 24.2 Å². The molecule has 0 saturated heterocycles. The van der Waals surface area contributed by atoms with Gasteiger partial charge in [-0.15, -0.1) is 0 Å². The van der Waals surface area contributed by atoms with E-state index in [1.807, 2.05) is 0 Å². The molecule has 0 spiro atoms. The topological polar surface area (TPSA) is 203 Å². The number of nitrogens with two attached hydrogens (primary N) is 3. The van der Waals surface area contributed by atoms with E-state index in [1.54, 1.807) is 0 Å². The summed E-state index contributed by atoms with van der Waals surface area (Å²) in [6, 6.07) is -1.11. The van der Waals surface area contributed by atoms with Gasteiger partial charge < -0.3 is 37.5 Å². The van der Waals surface area contributed by atoms with Crippen molar-refractivity contribution in [2.75, 3.05) is 25.4 Å². The number of nitrogens with zero attached hydrogens (tertiary/aromatic N) is 2. The van der Waals surface area contributed by atoms with E-state index in [2.05, 4.69) is 28.3 Å². The Morgan fingerprint density at radius 2 is 1.80 bits per heavy atom. The first-order valence-corrected chi connectivity index (χ1v) is 12.5. The standard InChI is InChI=1S/C22H39N7O5S/c1-15(23)20(34)28-12-18(32)27-13-19(33)29(16-6-3-2-4-7-16)22(14-30,17(31)8-11-35)9-5-10-26-21(24)25/h14-16,35H,2-13,23H2,1H3,(H,27,32)(H,28,34)(H4,24,25,26)/t15-,22-/m0/s1. The molecule has 0 aromatic carbocycles. The Labute approximate surface area is 211 Å². The van der Waals surface area contributed by atoms with Crippen LogP contribution in [-0.2, 0) is 24.0 Å². The second-order valence-corrected chi connectivity index (χ2v) is 9.14. The molecule has 8 N–H and O–H groups in total. The second kappa shape index (κ2) is 15.4. The van der Waals surface area contributed by atoms with Gasteiger partial charge in [-0.1, -0.05) is 19.3 Å². The van der Waals surface area contributed by atoms with Crippen LogP contribution in [0.15, 0.2) is 4.99 Å². The minimum atomic E-state index is -1.71. The van der Waals surface area contributed by atoms with Crippen LogP contribution in [0.2, 0.25) is 0 Å². The van der Waals surface area contributed by atoms with E-state index in [0.717, 1.165) is 19.3 Å². The van der Waals surface area contributed by atoms with E-state index >= 15 is 0 Å². The fourth-order valence-electron chi connectivity index (χ4n) is 4.19. The van der Waals surface area contributed by atoms with Crippen molar-refractivity contribution in [2.45, 2.75) is 75.9 Å². The van der Waals surface area contributed by atoms with Crippen molar-refractivity contribution in [3.8, 4) is 0 Å². The number of amides is 3. The van der Waals surface area contributed by atoms with Gasteiger partial charge in [0.05, 0.1) is 19.1 Å². The van der Waals surface area contributed by atoms with Crippen molar-refractivity contribution in [3.05, 3.63) is 0 Å². The zero-order valence-corrected chi connectivity index (χ0v) is 21.2. The summed E-state index contributed by atoms with van der Waals surface area (Å²) in [6.07, 6.45) is 4.85. The molecule has 0 aromatic heterocycles. The molecular formula is C22H39N7O5S. The molecule has 0 radical (unpaired) electrons. The number of thiol groups is 1. The van der Waals surface area contributed by atoms with Crippen LogP contribution in [0.1, 0.15) is 58.3 Å². The molecule has 1 aliphatic rings. The van der Waals surface area contributed by atoms with Gasteiger partial charge in [-0.05, 0) is 38.4 Å². The van der Waals surface area contributed by atoms with E-state index < -0.39 is 41.6 Å². The predicted molar refractivity (Wildman–Crippen MR) is 136 cm³/mol. The number of ketones is 1. The Hall–Kier alpha value is -2.67. The van der Waals surface area contributed by atoms with E-state index in [1.165, 1.54) is 11.8 Å². The predicted octanol–water partition coefficient (Wildman–Crippen LogP) is -1.39. The van der Waals surface area contributed by atoms with Gasteiger partial charge >= 0.3 is 0 Å². The first kappa shape index (κ1) is 30.4. The van der Waals surface area contributed by atoms with Crippen LogP contribution in [0.25, 0.3) is 0 Å². The maximum absolute atomic E-state index is 13.5. The summed E-state index contributed by atoms with van der Waals surface area (Å²) < 4.78 is 0. The number of aldehydes is 1. The molecule has 1 fully saturated rings. The SMILES string of the molecule is C[C@H](N)C(=O)NCC(=O)NCC(=O)N(C1CCCCC1)[C@](C=O)(CCCN=C(N)N)C(=O)CCS. The van der Waals surface area contributed by atoms with Gasteiger partial charge in [0.2, 0.25) is 17.7 Å². The highest BCUT2D eigenvalue weighted by Gasteiger charge is 2.48. The molecule has 12 nitrogen and oxygen atoms in total. The first-order valence-electron chi connectivity index (χ1n) is 11.9. The van der Waals surface area contributed by atoms with Crippen LogP contribution >= 0.6 is 12.6 Å². The van der Waals surface area contributed by atoms with E-state index in [0.29, 0.717) is 25.5 Å². The van der Waals surface area contributed by atoms with Crippen LogP contribution in [0.3, 0.4) is 0 Å². The Morgan fingerprint density at radius 1 is 1.14 bits per heavy atom. The number of aliphatic imine (C=N–C) groups is 1. The molecule has 1 saturated carbocycles. The summed E-state index contributed by atoms with van der Waals surface area (Å²) in [7, 11) is 0. The quantitative estimate of drug-likeness (QED) is 0.0383. The van der Waals surface area contributed by atoms with E-state index in [9.17, 15) is 24.0 Å². The number of carbonyl (C=O) groups is 5. The van der Waals surface area contributed by atoms with Gasteiger partial charge in [0, 0.05) is 19.0 Å². The van der Waals surface area contributed by atoms with Crippen molar-refractivity contribution in [1.82, 2.24) is 15.5 Å². The van der Waals surface area contributed by atoms with Crippen molar-refractivity contribution >= 4 is 48.4 Å². The average molecular weight is 514 g/mol.